The third kappa shape index (κ3) is 3.19. The van der Waals surface area contributed by atoms with E-state index in [4.69, 9.17) is 5.14 Å². The maximum absolute atomic E-state index is 12.3. The van der Waals surface area contributed by atoms with Crippen LogP contribution in [0.5, 0.6) is 0 Å². The second-order valence-electron chi connectivity index (χ2n) is 5.61. The van der Waals surface area contributed by atoms with E-state index in [-0.39, 0.29) is 10.8 Å². The summed E-state index contributed by atoms with van der Waals surface area (Å²) in [7, 11) is -3.71. The van der Waals surface area contributed by atoms with Gasteiger partial charge in [-0.1, -0.05) is 13.8 Å². The number of benzene rings is 1. The molecule has 1 aromatic rings. The van der Waals surface area contributed by atoms with Crippen molar-refractivity contribution in [1.82, 2.24) is 4.90 Å². The fourth-order valence-corrected chi connectivity index (χ4v) is 3.00. The number of nitrogens with zero attached hydrogens (tertiary/aromatic N) is 1. The number of sulfonamides is 1. The van der Waals surface area contributed by atoms with Gasteiger partial charge in [-0.25, -0.2) is 13.6 Å². The van der Waals surface area contributed by atoms with Gasteiger partial charge in [0.15, 0.2) is 0 Å². The van der Waals surface area contributed by atoms with Gasteiger partial charge < -0.3 is 4.90 Å². The summed E-state index contributed by atoms with van der Waals surface area (Å²) >= 11 is 0. The molecule has 0 spiro atoms. The van der Waals surface area contributed by atoms with Crippen molar-refractivity contribution in [3.63, 3.8) is 0 Å². The molecule has 1 heterocycles. The predicted molar refractivity (Wildman–Crippen MR) is 76.7 cm³/mol. The Kier molecular flexibility index (Phi) is 4.15. The molecule has 5 nitrogen and oxygen atoms in total. The minimum absolute atomic E-state index is 0.0236. The quantitative estimate of drug-likeness (QED) is 0.916. The summed E-state index contributed by atoms with van der Waals surface area (Å²) in [6, 6.07) is 5.78. The van der Waals surface area contributed by atoms with Crippen LogP contribution in [0.1, 0.15) is 30.6 Å². The van der Waals surface area contributed by atoms with Crippen molar-refractivity contribution in [3.8, 4) is 0 Å². The summed E-state index contributed by atoms with van der Waals surface area (Å²) in [4.78, 5) is 14.2. The normalized spacial score (nSPS) is 19.6. The number of likely N-dealkylation sites (tertiary alicyclic amines) is 1. The molecule has 1 fully saturated rings. The first kappa shape index (κ1) is 15.0. The number of primary sulfonamides is 1. The van der Waals surface area contributed by atoms with Crippen LogP contribution in [0.4, 0.5) is 0 Å². The van der Waals surface area contributed by atoms with Crippen LogP contribution in [0, 0.1) is 11.8 Å². The Labute approximate surface area is 119 Å². The van der Waals surface area contributed by atoms with Crippen LogP contribution in [0.15, 0.2) is 29.2 Å². The molecule has 1 unspecified atom stereocenters. The summed E-state index contributed by atoms with van der Waals surface area (Å²) in [6.07, 6.45) is 1.03. The first-order valence-corrected chi connectivity index (χ1v) is 8.26. The molecule has 6 heteroatoms. The van der Waals surface area contributed by atoms with E-state index in [0.717, 1.165) is 19.5 Å². The third-order valence-electron chi connectivity index (χ3n) is 3.88. The fourth-order valence-electron chi connectivity index (χ4n) is 2.49. The van der Waals surface area contributed by atoms with Gasteiger partial charge in [-0.2, -0.15) is 0 Å². The molecule has 0 bridgehead atoms. The molecule has 0 saturated carbocycles. The SMILES string of the molecule is CC(C)C1CCN(C(=O)c2ccc(S(N)(=O)=O)cc2)C1. The zero-order valence-electron chi connectivity index (χ0n) is 11.7. The highest BCUT2D eigenvalue weighted by Crippen LogP contribution is 2.25. The number of hydrogen-bond acceptors (Lipinski definition) is 3. The summed E-state index contributed by atoms with van der Waals surface area (Å²) in [5.41, 5.74) is 0.502. The van der Waals surface area contributed by atoms with Gasteiger partial charge in [0.2, 0.25) is 10.0 Å². The highest BCUT2D eigenvalue weighted by atomic mass is 32.2. The molecule has 2 N–H and O–H groups in total. The minimum Gasteiger partial charge on any atom is -0.338 e. The number of carbonyl (C=O) groups is 1. The van der Waals surface area contributed by atoms with Gasteiger partial charge in [0.25, 0.3) is 5.91 Å². The number of nitrogens with two attached hydrogens (primary N) is 1. The second kappa shape index (κ2) is 5.54. The van der Waals surface area contributed by atoms with Crippen molar-refractivity contribution in [2.45, 2.75) is 25.2 Å². The van der Waals surface area contributed by atoms with E-state index in [1.807, 2.05) is 4.90 Å². The molecule has 1 aromatic carbocycles. The maximum Gasteiger partial charge on any atom is 0.253 e. The lowest BCUT2D eigenvalue weighted by Gasteiger charge is -2.18. The van der Waals surface area contributed by atoms with Crippen molar-refractivity contribution in [3.05, 3.63) is 29.8 Å². The molecule has 1 amide bonds. The molecule has 2 rings (SSSR count). The molecule has 0 aliphatic carbocycles. The average Bonchev–Trinajstić information content (AvgIpc) is 2.86. The Morgan fingerprint density at radius 2 is 1.90 bits per heavy atom. The molecule has 0 radical (unpaired) electrons. The molecular weight excluding hydrogens is 276 g/mol. The predicted octanol–water partition coefficient (Wildman–Crippen LogP) is 1.45. The van der Waals surface area contributed by atoms with Gasteiger partial charge in [-0.3, -0.25) is 4.79 Å². The maximum atomic E-state index is 12.3. The molecule has 1 saturated heterocycles. The van der Waals surface area contributed by atoms with Crippen molar-refractivity contribution in [2.75, 3.05) is 13.1 Å². The molecule has 0 aromatic heterocycles. The lowest BCUT2D eigenvalue weighted by molar-refractivity contribution is 0.0784. The van der Waals surface area contributed by atoms with Crippen LogP contribution in [0.3, 0.4) is 0 Å². The largest absolute Gasteiger partial charge is 0.338 e. The number of amides is 1. The van der Waals surface area contributed by atoms with Gasteiger partial charge in [0, 0.05) is 18.7 Å². The van der Waals surface area contributed by atoms with Crippen LogP contribution >= 0.6 is 0 Å². The van der Waals surface area contributed by atoms with E-state index in [2.05, 4.69) is 13.8 Å². The zero-order valence-corrected chi connectivity index (χ0v) is 12.6. The Morgan fingerprint density at radius 1 is 1.30 bits per heavy atom. The molecule has 1 aliphatic heterocycles. The number of rotatable bonds is 3. The van der Waals surface area contributed by atoms with Crippen LogP contribution in [-0.4, -0.2) is 32.3 Å². The van der Waals surface area contributed by atoms with Crippen LogP contribution in [-0.2, 0) is 10.0 Å². The van der Waals surface area contributed by atoms with Gasteiger partial charge in [0.1, 0.15) is 0 Å². The number of hydrogen-bond donors (Lipinski definition) is 1. The van der Waals surface area contributed by atoms with Gasteiger partial charge in [-0.15, -0.1) is 0 Å². The average molecular weight is 296 g/mol. The lowest BCUT2D eigenvalue weighted by Crippen LogP contribution is -2.29. The monoisotopic (exact) mass is 296 g/mol. The van der Waals surface area contributed by atoms with Gasteiger partial charge >= 0.3 is 0 Å². The first-order chi connectivity index (χ1) is 9.29. The molecule has 110 valence electrons. The van der Waals surface area contributed by atoms with Crippen molar-refractivity contribution < 1.29 is 13.2 Å². The summed E-state index contributed by atoms with van der Waals surface area (Å²) in [6.45, 7) is 5.87. The third-order valence-corrected chi connectivity index (χ3v) is 4.81. The molecule has 20 heavy (non-hydrogen) atoms. The van der Waals surface area contributed by atoms with E-state index in [0.29, 0.717) is 17.4 Å². The highest BCUT2D eigenvalue weighted by Gasteiger charge is 2.28. The van der Waals surface area contributed by atoms with Crippen LogP contribution < -0.4 is 5.14 Å². The van der Waals surface area contributed by atoms with E-state index in [1.54, 1.807) is 0 Å². The first-order valence-electron chi connectivity index (χ1n) is 6.71. The van der Waals surface area contributed by atoms with Crippen molar-refractivity contribution >= 4 is 15.9 Å². The second-order valence-corrected chi connectivity index (χ2v) is 7.17. The smallest absolute Gasteiger partial charge is 0.253 e. The lowest BCUT2D eigenvalue weighted by atomic mass is 9.95. The highest BCUT2D eigenvalue weighted by molar-refractivity contribution is 7.89. The topological polar surface area (TPSA) is 80.5 Å². The molecule has 1 aliphatic rings. The van der Waals surface area contributed by atoms with Crippen molar-refractivity contribution in [1.29, 1.82) is 0 Å². The standard InChI is InChI=1S/C14H20N2O3S/c1-10(2)12-7-8-16(9-12)14(17)11-3-5-13(6-4-11)20(15,18)19/h3-6,10,12H,7-9H2,1-2H3,(H2,15,18,19). The Bertz CT molecular complexity index is 593. The van der Waals surface area contributed by atoms with E-state index in [1.165, 1.54) is 24.3 Å². The van der Waals surface area contributed by atoms with Gasteiger partial charge in [0.05, 0.1) is 4.90 Å². The van der Waals surface area contributed by atoms with Gasteiger partial charge in [-0.05, 0) is 42.5 Å². The fraction of sp³-hybridized carbons (Fsp3) is 0.500. The Morgan fingerprint density at radius 3 is 2.35 bits per heavy atom. The minimum atomic E-state index is -3.71. The van der Waals surface area contributed by atoms with E-state index < -0.39 is 10.0 Å². The Hall–Kier alpha value is -1.40. The van der Waals surface area contributed by atoms with E-state index >= 15 is 0 Å². The molecular formula is C14H20N2O3S. The summed E-state index contributed by atoms with van der Waals surface area (Å²) < 4.78 is 22.3. The van der Waals surface area contributed by atoms with Crippen LogP contribution in [0.25, 0.3) is 0 Å². The van der Waals surface area contributed by atoms with Crippen molar-refractivity contribution in [2.24, 2.45) is 17.0 Å². The van der Waals surface area contributed by atoms with E-state index in [9.17, 15) is 13.2 Å². The Balaban J connectivity index is 2.11. The zero-order chi connectivity index (χ0) is 14.9. The number of carbonyl (C=O) groups excluding carboxylic acids is 1. The summed E-state index contributed by atoms with van der Waals surface area (Å²) in [5, 5.41) is 5.03. The van der Waals surface area contributed by atoms with Crippen LogP contribution in [0.2, 0.25) is 0 Å². The summed E-state index contributed by atoms with van der Waals surface area (Å²) in [5.74, 6) is 1.06. The molecule has 1 atom stereocenters.